The summed E-state index contributed by atoms with van der Waals surface area (Å²) in [4.78, 5) is 15.7. The van der Waals surface area contributed by atoms with Crippen LogP contribution < -0.4 is 0 Å². The average molecular weight is 400 g/mol. The molecule has 2 saturated heterocycles. The summed E-state index contributed by atoms with van der Waals surface area (Å²) < 4.78 is 31.5. The Bertz CT molecular complexity index is 922. The standard InChI is InChI=1S/C22H25NO4S/c24-21(22(12-15-27-16-13-22)18-7-3-1-4-8-18)23-14-11-20(17-23)28(25,26)19-9-5-2-6-10-19/h1-10,20H,11-17H2/t20-/m0/s1. The topological polar surface area (TPSA) is 63.7 Å². The lowest BCUT2D eigenvalue weighted by Crippen LogP contribution is -2.49. The van der Waals surface area contributed by atoms with Gasteiger partial charge in [0.05, 0.1) is 15.6 Å². The van der Waals surface area contributed by atoms with Crippen molar-refractivity contribution in [3.8, 4) is 0 Å². The molecule has 28 heavy (non-hydrogen) atoms. The summed E-state index contributed by atoms with van der Waals surface area (Å²) >= 11 is 0. The lowest BCUT2D eigenvalue weighted by Gasteiger charge is -2.39. The minimum Gasteiger partial charge on any atom is -0.381 e. The molecule has 2 fully saturated rings. The van der Waals surface area contributed by atoms with Crippen molar-refractivity contribution in [2.45, 2.75) is 34.8 Å². The van der Waals surface area contributed by atoms with E-state index in [1.807, 2.05) is 30.3 Å². The molecule has 6 heteroatoms. The van der Waals surface area contributed by atoms with Crippen LogP contribution in [0.25, 0.3) is 0 Å². The molecule has 5 nitrogen and oxygen atoms in total. The molecule has 0 spiro atoms. The minimum atomic E-state index is -3.44. The van der Waals surface area contributed by atoms with Crippen LogP contribution in [-0.4, -0.2) is 50.8 Å². The maximum atomic E-state index is 13.6. The van der Waals surface area contributed by atoms with Crippen molar-refractivity contribution >= 4 is 15.7 Å². The molecule has 2 heterocycles. The smallest absolute Gasteiger partial charge is 0.233 e. The van der Waals surface area contributed by atoms with Crippen molar-refractivity contribution < 1.29 is 17.9 Å². The molecule has 0 N–H and O–H groups in total. The Morgan fingerprint density at radius 1 is 0.964 bits per heavy atom. The maximum absolute atomic E-state index is 13.6. The minimum absolute atomic E-state index is 0.0350. The number of ether oxygens (including phenoxy) is 1. The van der Waals surface area contributed by atoms with Crippen LogP contribution in [0.4, 0.5) is 0 Å². The van der Waals surface area contributed by atoms with E-state index in [1.54, 1.807) is 35.2 Å². The van der Waals surface area contributed by atoms with E-state index < -0.39 is 20.5 Å². The van der Waals surface area contributed by atoms with Crippen LogP contribution in [0, 0.1) is 0 Å². The van der Waals surface area contributed by atoms with Crippen molar-refractivity contribution in [2.24, 2.45) is 0 Å². The third-order valence-corrected chi connectivity index (χ3v) is 8.22. The van der Waals surface area contributed by atoms with Crippen LogP contribution in [-0.2, 0) is 24.8 Å². The van der Waals surface area contributed by atoms with Gasteiger partial charge in [0, 0.05) is 26.3 Å². The summed E-state index contributed by atoms with van der Waals surface area (Å²) in [5.74, 6) is 0.0350. The Morgan fingerprint density at radius 2 is 1.57 bits per heavy atom. The molecule has 2 aliphatic rings. The highest BCUT2D eigenvalue weighted by Gasteiger charge is 2.47. The Balaban J connectivity index is 1.58. The molecule has 0 radical (unpaired) electrons. The van der Waals surface area contributed by atoms with Crippen molar-refractivity contribution in [2.75, 3.05) is 26.3 Å². The van der Waals surface area contributed by atoms with Gasteiger partial charge < -0.3 is 9.64 Å². The highest BCUT2D eigenvalue weighted by atomic mass is 32.2. The summed E-state index contributed by atoms with van der Waals surface area (Å²) in [6, 6.07) is 18.4. The van der Waals surface area contributed by atoms with E-state index in [0.29, 0.717) is 43.9 Å². The van der Waals surface area contributed by atoms with E-state index in [2.05, 4.69) is 0 Å². The number of sulfone groups is 1. The number of carbonyl (C=O) groups is 1. The van der Waals surface area contributed by atoms with Crippen LogP contribution in [0.1, 0.15) is 24.8 Å². The lowest BCUT2D eigenvalue weighted by molar-refractivity contribution is -0.140. The van der Waals surface area contributed by atoms with Crippen LogP contribution in [0.15, 0.2) is 65.6 Å². The first-order chi connectivity index (χ1) is 13.5. The van der Waals surface area contributed by atoms with Gasteiger partial charge in [0.2, 0.25) is 5.91 Å². The van der Waals surface area contributed by atoms with E-state index in [1.165, 1.54) is 0 Å². The predicted octanol–water partition coefficient (Wildman–Crippen LogP) is 2.81. The monoisotopic (exact) mass is 399 g/mol. The maximum Gasteiger partial charge on any atom is 0.233 e. The molecule has 0 aromatic heterocycles. The first kappa shape index (κ1) is 19.2. The zero-order chi connectivity index (χ0) is 19.6. The molecule has 2 aromatic carbocycles. The molecule has 4 rings (SSSR count). The molecule has 1 amide bonds. The molecule has 0 bridgehead atoms. The van der Waals surface area contributed by atoms with Crippen molar-refractivity contribution in [1.29, 1.82) is 0 Å². The van der Waals surface area contributed by atoms with Crippen molar-refractivity contribution in [1.82, 2.24) is 4.90 Å². The number of carbonyl (C=O) groups excluding carboxylic acids is 1. The Kier molecular flexibility index (Phi) is 5.25. The fourth-order valence-electron chi connectivity index (χ4n) is 4.37. The molecule has 2 aliphatic heterocycles. The molecule has 0 unspecified atom stereocenters. The molecular weight excluding hydrogens is 374 g/mol. The van der Waals surface area contributed by atoms with Crippen LogP contribution in [0.2, 0.25) is 0 Å². The Hall–Kier alpha value is -2.18. The molecule has 148 valence electrons. The second-order valence-electron chi connectivity index (χ2n) is 7.58. The normalized spacial score (nSPS) is 22.1. The summed E-state index contributed by atoms with van der Waals surface area (Å²) in [5, 5.41) is -0.550. The zero-order valence-corrected chi connectivity index (χ0v) is 16.6. The largest absolute Gasteiger partial charge is 0.381 e. The SMILES string of the molecule is O=C(N1CC[C@H](S(=O)(=O)c2ccccc2)C1)C1(c2ccccc2)CCOCC1. The van der Waals surface area contributed by atoms with E-state index in [4.69, 9.17) is 4.74 Å². The fraction of sp³-hybridized carbons (Fsp3) is 0.409. The van der Waals surface area contributed by atoms with Crippen LogP contribution >= 0.6 is 0 Å². The molecular formula is C22H25NO4S. The van der Waals surface area contributed by atoms with E-state index in [0.717, 1.165) is 5.56 Å². The van der Waals surface area contributed by atoms with Gasteiger partial charge in [-0.15, -0.1) is 0 Å². The first-order valence-corrected chi connectivity index (χ1v) is 11.3. The Morgan fingerprint density at radius 3 is 2.21 bits per heavy atom. The Labute approximate surface area is 166 Å². The molecule has 0 aliphatic carbocycles. The van der Waals surface area contributed by atoms with E-state index >= 15 is 0 Å². The second kappa shape index (κ2) is 7.68. The molecule has 1 atom stereocenters. The number of hydrogen-bond acceptors (Lipinski definition) is 4. The van der Waals surface area contributed by atoms with Gasteiger partial charge in [0.15, 0.2) is 9.84 Å². The van der Waals surface area contributed by atoms with Gasteiger partial charge in [-0.2, -0.15) is 0 Å². The number of likely N-dealkylation sites (tertiary alicyclic amines) is 1. The molecule has 0 saturated carbocycles. The van der Waals surface area contributed by atoms with Crippen LogP contribution in [0.5, 0.6) is 0 Å². The summed E-state index contributed by atoms with van der Waals surface area (Å²) in [6.07, 6.45) is 1.73. The van der Waals surface area contributed by atoms with Gasteiger partial charge in [-0.25, -0.2) is 8.42 Å². The van der Waals surface area contributed by atoms with E-state index in [9.17, 15) is 13.2 Å². The first-order valence-electron chi connectivity index (χ1n) is 9.76. The van der Waals surface area contributed by atoms with Crippen molar-refractivity contribution in [3.63, 3.8) is 0 Å². The molecule has 2 aromatic rings. The fourth-order valence-corrected chi connectivity index (χ4v) is 6.09. The van der Waals surface area contributed by atoms with Gasteiger partial charge in [-0.3, -0.25) is 4.79 Å². The number of hydrogen-bond donors (Lipinski definition) is 0. The van der Waals surface area contributed by atoms with Gasteiger partial charge in [0.1, 0.15) is 0 Å². The highest BCUT2D eigenvalue weighted by Crippen LogP contribution is 2.38. The number of rotatable bonds is 4. The van der Waals surface area contributed by atoms with Gasteiger partial charge in [0.25, 0.3) is 0 Å². The van der Waals surface area contributed by atoms with Gasteiger partial charge in [-0.1, -0.05) is 48.5 Å². The van der Waals surface area contributed by atoms with Gasteiger partial charge >= 0.3 is 0 Å². The number of nitrogens with zero attached hydrogens (tertiary/aromatic N) is 1. The quantitative estimate of drug-likeness (QED) is 0.793. The highest BCUT2D eigenvalue weighted by molar-refractivity contribution is 7.92. The predicted molar refractivity (Wildman–Crippen MR) is 107 cm³/mol. The zero-order valence-electron chi connectivity index (χ0n) is 15.8. The third-order valence-electron chi connectivity index (χ3n) is 6.02. The lowest BCUT2D eigenvalue weighted by atomic mass is 9.73. The van der Waals surface area contributed by atoms with Crippen LogP contribution in [0.3, 0.4) is 0 Å². The average Bonchev–Trinajstić information content (AvgIpc) is 3.26. The van der Waals surface area contributed by atoms with E-state index in [-0.39, 0.29) is 12.5 Å². The summed E-state index contributed by atoms with van der Waals surface area (Å²) in [6.45, 7) is 1.82. The number of benzene rings is 2. The summed E-state index contributed by atoms with van der Waals surface area (Å²) in [5.41, 5.74) is 0.378. The van der Waals surface area contributed by atoms with Crippen molar-refractivity contribution in [3.05, 3.63) is 66.2 Å². The summed E-state index contributed by atoms with van der Waals surface area (Å²) in [7, 11) is -3.44. The number of amides is 1. The van der Waals surface area contributed by atoms with Gasteiger partial charge in [-0.05, 0) is 37.0 Å². The second-order valence-corrected chi connectivity index (χ2v) is 9.81. The third kappa shape index (κ3) is 3.35.